The van der Waals surface area contributed by atoms with Gasteiger partial charge in [-0.25, -0.2) is 9.82 Å². The van der Waals surface area contributed by atoms with Crippen molar-refractivity contribution in [3.05, 3.63) is 0 Å². The predicted octanol–water partition coefficient (Wildman–Crippen LogP) is 0.698. The first-order valence-electron chi connectivity index (χ1n) is 2.12. The molecule has 2 nitrogen and oxygen atoms in total. The van der Waals surface area contributed by atoms with E-state index in [0.717, 1.165) is 0 Å². The van der Waals surface area contributed by atoms with Crippen molar-refractivity contribution >= 4 is 0 Å². The average molecular weight is 146 g/mol. The van der Waals surface area contributed by atoms with Crippen molar-refractivity contribution in [2.24, 2.45) is 5.84 Å². The Bertz CT molecular complexity index is 80.4. The summed E-state index contributed by atoms with van der Waals surface area (Å²) in [5.74, 6) is 4.35. The molecule has 0 aromatic carbocycles. The van der Waals surface area contributed by atoms with Crippen molar-refractivity contribution in [2.75, 3.05) is 0 Å². The first kappa shape index (κ1) is 8.64. The minimum absolute atomic E-state index is 1.33. The second-order valence-electron chi connectivity index (χ2n) is 1.45. The minimum Gasteiger partial charge on any atom is -0.269 e. The number of nitrogens with one attached hydrogen (secondary N) is 1. The molecule has 0 heterocycles. The lowest BCUT2D eigenvalue weighted by Gasteiger charge is -2.08. The number of nitrogens with two attached hydrogens (primary N) is 1. The highest BCUT2D eigenvalue weighted by atomic mass is 19.4. The Hall–Kier alpha value is -0.360. The third kappa shape index (κ3) is 5.51. The zero-order chi connectivity index (χ0) is 7.49. The fourth-order valence-corrected chi connectivity index (χ4v) is 0.262. The van der Waals surface area contributed by atoms with Gasteiger partial charge in [0.05, 0.1) is 6.42 Å². The highest BCUT2D eigenvalue weighted by Gasteiger charge is 2.31. The van der Waals surface area contributed by atoms with E-state index in [0.29, 0.717) is 0 Å². The predicted molar refractivity (Wildman–Crippen MR) is 22.9 cm³/mol. The molecule has 6 heteroatoms. The topological polar surface area (TPSA) is 38.0 Å². The summed E-state index contributed by atoms with van der Waals surface area (Å²) < 4.78 is 45.1. The highest BCUT2D eigenvalue weighted by molar-refractivity contribution is 4.55. The lowest BCUT2D eigenvalue weighted by atomic mass is 10.4. The number of rotatable bonds is 2. The molecular weight excluding hydrogens is 140 g/mol. The van der Waals surface area contributed by atoms with Crippen molar-refractivity contribution in [3.63, 3.8) is 0 Å². The van der Waals surface area contributed by atoms with Crippen LogP contribution in [0.25, 0.3) is 0 Å². The van der Waals surface area contributed by atoms with Gasteiger partial charge in [-0.3, -0.25) is 5.84 Å². The summed E-state index contributed by atoms with van der Waals surface area (Å²) in [4.78, 5) is 0. The van der Waals surface area contributed by atoms with E-state index in [1.807, 2.05) is 0 Å². The molecular formula is C3H6F4N2. The maximum atomic E-state index is 11.7. The lowest BCUT2D eigenvalue weighted by molar-refractivity contribution is -0.148. The van der Waals surface area contributed by atoms with E-state index in [4.69, 9.17) is 0 Å². The van der Waals surface area contributed by atoms with Crippen LogP contribution in [-0.4, -0.2) is 12.5 Å². The summed E-state index contributed by atoms with van der Waals surface area (Å²) in [6.07, 6.45) is -8.25. The van der Waals surface area contributed by atoms with Gasteiger partial charge in [0.15, 0.2) is 6.30 Å². The van der Waals surface area contributed by atoms with E-state index in [1.54, 1.807) is 0 Å². The molecule has 0 radical (unpaired) electrons. The molecule has 0 aliphatic carbocycles. The molecule has 56 valence electrons. The van der Waals surface area contributed by atoms with E-state index in [-0.39, 0.29) is 0 Å². The first-order chi connectivity index (χ1) is 3.95. The van der Waals surface area contributed by atoms with Crippen LogP contribution in [0.15, 0.2) is 0 Å². The van der Waals surface area contributed by atoms with Crippen LogP contribution in [0.4, 0.5) is 17.6 Å². The van der Waals surface area contributed by atoms with E-state index in [9.17, 15) is 17.6 Å². The molecule has 0 aliphatic heterocycles. The second-order valence-corrected chi connectivity index (χ2v) is 1.45. The number of alkyl halides is 4. The van der Waals surface area contributed by atoms with Gasteiger partial charge in [-0.2, -0.15) is 13.2 Å². The quantitative estimate of drug-likeness (QED) is 0.260. The number of hydrogen-bond acceptors (Lipinski definition) is 2. The largest absolute Gasteiger partial charge is 0.393 e. The normalized spacial score (nSPS) is 15.7. The summed E-state index contributed by atoms with van der Waals surface area (Å²) in [5.41, 5.74) is 1.33. The smallest absolute Gasteiger partial charge is 0.269 e. The monoisotopic (exact) mass is 146 g/mol. The Kier molecular flexibility index (Phi) is 2.86. The maximum Gasteiger partial charge on any atom is 0.393 e. The minimum atomic E-state index is -4.49. The molecule has 0 aliphatic rings. The fraction of sp³-hybridized carbons (Fsp3) is 1.00. The standard InChI is InChI=1S/C3H6F4N2/c4-2(9-8)1-3(5,6)7/h2,9H,1,8H2. The zero-order valence-corrected chi connectivity index (χ0v) is 4.37. The number of halogens is 4. The third-order valence-corrected chi connectivity index (χ3v) is 0.592. The molecule has 0 amide bonds. The van der Waals surface area contributed by atoms with E-state index < -0.39 is 18.9 Å². The van der Waals surface area contributed by atoms with Gasteiger partial charge < -0.3 is 0 Å². The molecule has 0 spiro atoms. The molecule has 1 atom stereocenters. The molecule has 0 saturated carbocycles. The summed E-state index contributed by atoms with van der Waals surface area (Å²) in [6.45, 7) is 0. The summed E-state index contributed by atoms with van der Waals surface area (Å²) in [6, 6.07) is 0. The lowest BCUT2D eigenvalue weighted by Crippen LogP contribution is -2.35. The highest BCUT2D eigenvalue weighted by Crippen LogP contribution is 2.21. The van der Waals surface area contributed by atoms with Crippen LogP contribution >= 0.6 is 0 Å². The SMILES string of the molecule is NNC(F)CC(F)(F)F. The van der Waals surface area contributed by atoms with Crippen LogP contribution in [-0.2, 0) is 0 Å². The van der Waals surface area contributed by atoms with E-state index >= 15 is 0 Å². The molecule has 0 fully saturated rings. The Morgan fingerprint density at radius 3 is 2.00 bits per heavy atom. The van der Waals surface area contributed by atoms with Gasteiger partial charge in [0, 0.05) is 0 Å². The molecule has 0 bridgehead atoms. The maximum absolute atomic E-state index is 11.7. The van der Waals surface area contributed by atoms with Crippen molar-refractivity contribution < 1.29 is 17.6 Å². The van der Waals surface area contributed by atoms with Gasteiger partial charge in [-0.05, 0) is 0 Å². The molecule has 0 aromatic heterocycles. The molecule has 0 rings (SSSR count). The van der Waals surface area contributed by atoms with E-state index in [2.05, 4.69) is 5.84 Å². The van der Waals surface area contributed by atoms with Gasteiger partial charge in [-0.15, -0.1) is 0 Å². The summed E-state index contributed by atoms with van der Waals surface area (Å²) in [5, 5.41) is 0. The van der Waals surface area contributed by atoms with Crippen LogP contribution in [0.1, 0.15) is 6.42 Å². The number of hydrazine groups is 1. The summed E-state index contributed by atoms with van der Waals surface area (Å²) >= 11 is 0. The van der Waals surface area contributed by atoms with Gasteiger partial charge in [0.1, 0.15) is 0 Å². The Labute approximate surface area is 49.0 Å². The van der Waals surface area contributed by atoms with Crippen molar-refractivity contribution in [1.29, 1.82) is 0 Å². The van der Waals surface area contributed by atoms with Gasteiger partial charge in [-0.1, -0.05) is 0 Å². The van der Waals surface area contributed by atoms with Crippen LogP contribution < -0.4 is 11.3 Å². The van der Waals surface area contributed by atoms with Crippen LogP contribution in [0.5, 0.6) is 0 Å². The molecule has 0 aromatic rings. The van der Waals surface area contributed by atoms with Crippen LogP contribution in [0.3, 0.4) is 0 Å². The summed E-state index contributed by atoms with van der Waals surface area (Å²) in [7, 11) is 0. The second kappa shape index (κ2) is 2.98. The fourth-order valence-electron chi connectivity index (χ4n) is 0.262. The van der Waals surface area contributed by atoms with Crippen LogP contribution in [0, 0.1) is 0 Å². The van der Waals surface area contributed by atoms with Gasteiger partial charge in [0.25, 0.3) is 0 Å². The number of hydrogen-bond donors (Lipinski definition) is 2. The first-order valence-corrected chi connectivity index (χ1v) is 2.12. The molecule has 3 N–H and O–H groups in total. The van der Waals surface area contributed by atoms with Crippen LogP contribution in [0.2, 0.25) is 0 Å². The Morgan fingerprint density at radius 2 is 1.89 bits per heavy atom. The third-order valence-electron chi connectivity index (χ3n) is 0.592. The molecule has 0 saturated heterocycles. The molecule has 9 heavy (non-hydrogen) atoms. The van der Waals surface area contributed by atoms with Crippen molar-refractivity contribution in [2.45, 2.75) is 18.9 Å². The Balaban J connectivity index is 3.47. The average Bonchev–Trinajstić information content (AvgIpc) is 1.62. The molecule has 1 unspecified atom stereocenters. The van der Waals surface area contributed by atoms with E-state index in [1.165, 1.54) is 5.43 Å². The van der Waals surface area contributed by atoms with Gasteiger partial charge >= 0.3 is 6.18 Å². The Morgan fingerprint density at radius 1 is 1.44 bits per heavy atom. The van der Waals surface area contributed by atoms with Gasteiger partial charge in [0.2, 0.25) is 0 Å². The van der Waals surface area contributed by atoms with Crippen molar-refractivity contribution in [3.8, 4) is 0 Å². The van der Waals surface area contributed by atoms with Crippen molar-refractivity contribution in [1.82, 2.24) is 5.43 Å². The zero-order valence-electron chi connectivity index (χ0n) is 4.37.